The number of furan rings is 2. The Bertz CT molecular complexity index is 465. The van der Waals surface area contributed by atoms with Gasteiger partial charge in [0.2, 0.25) is 6.49 Å². The van der Waals surface area contributed by atoms with Gasteiger partial charge in [-0.15, -0.1) is 23.2 Å². The predicted molar refractivity (Wildman–Crippen MR) is 68.1 cm³/mol. The largest absolute Gasteiger partial charge is 0.467 e. The van der Waals surface area contributed by atoms with Crippen LogP contribution in [0.25, 0.3) is 0 Å². The SMILES string of the molecule is O=P(Cl)(C(Cl)c1ccco1)C(Cl)c1ccco1. The summed E-state index contributed by atoms with van der Waals surface area (Å²) in [5, 5.41) is -1.99. The second kappa shape index (κ2) is 5.11. The van der Waals surface area contributed by atoms with E-state index in [9.17, 15) is 4.57 Å². The molecule has 2 rings (SSSR count). The molecule has 3 nitrogen and oxygen atoms in total. The Balaban J connectivity index is 2.27. The molecule has 0 amide bonds. The minimum atomic E-state index is -3.44. The molecule has 0 saturated heterocycles. The average molecular weight is 314 g/mol. The minimum absolute atomic E-state index is 0.321. The minimum Gasteiger partial charge on any atom is -0.467 e. The number of alkyl halides is 2. The average Bonchev–Trinajstić information content (AvgIpc) is 2.99. The highest BCUT2D eigenvalue weighted by Crippen LogP contribution is 2.75. The van der Waals surface area contributed by atoms with E-state index in [4.69, 9.17) is 43.3 Å². The zero-order valence-corrected chi connectivity index (χ0v) is 11.6. The number of hydrogen-bond donors (Lipinski definition) is 0. The van der Waals surface area contributed by atoms with E-state index < -0.39 is 16.7 Å². The molecule has 2 atom stereocenters. The van der Waals surface area contributed by atoms with Crippen LogP contribution in [0.1, 0.15) is 21.8 Å². The van der Waals surface area contributed by atoms with Gasteiger partial charge in [0.25, 0.3) is 0 Å². The maximum Gasteiger partial charge on any atom is 0.218 e. The van der Waals surface area contributed by atoms with Crippen molar-refractivity contribution >= 4 is 40.9 Å². The van der Waals surface area contributed by atoms with E-state index in [0.29, 0.717) is 11.5 Å². The normalized spacial score (nSPS) is 18.5. The lowest BCUT2D eigenvalue weighted by Crippen LogP contribution is -1.93. The topological polar surface area (TPSA) is 43.4 Å². The Kier molecular flexibility index (Phi) is 3.94. The molecule has 2 aromatic rings. The molecule has 7 heteroatoms. The van der Waals surface area contributed by atoms with Crippen LogP contribution in [0.15, 0.2) is 45.6 Å². The Morgan fingerprint density at radius 2 is 1.41 bits per heavy atom. The predicted octanol–water partition coefficient (Wildman–Crippen LogP) is 5.56. The molecule has 2 aromatic heterocycles. The van der Waals surface area contributed by atoms with Crippen molar-refractivity contribution in [3.63, 3.8) is 0 Å². The Labute approximate surface area is 113 Å². The molecule has 0 aromatic carbocycles. The van der Waals surface area contributed by atoms with Gasteiger partial charge in [-0.1, -0.05) is 0 Å². The molecule has 0 aliphatic carbocycles. The highest BCUT2D eigenvalue weighted by Gasteiger charge is 2.41. The fourth-order valence-electron chi connectivity index (χ4n) is 1.32. The second-order valence-electron chi connectivity index (χ2n) is 3.33. The van der Waals surface area contributed by atoms with E-state index in [1.54, 1.807) is 24.3 Å². The highest BCUT2D eigenvalue weighted by atomic mass is 35.7. The summed E-state index contributed by atoms with van der Waals surface area (Å²) in [6.45, 7) is -3.44. The number of halogens is 3. The summed E-state index contributed by atoms with van der Waals surface area (Å²) in [4.78, 5) is 0. The van der Waals surface area contributed by atoms with Gasteiger partial charge in [-0.25, -0.2) is 0 Å². The first-order chi connectivity index (χ1) is 8.03. The molecule has 0 aliphatic heterocycles. The van der Waals surface area contributed by atoms with E-state index in [-0.39, 0.29) is 0 Å². The molecular formula is C10H8Cl3O3P. The standard InChI is InChI=1S/C10H8Cl3O3P/c11-9(7-3-1-5-15-7)17(13,14)10(12)8-4-2-6-16-8/h1-6,9-10H. The molecule has 0 saturated carbocycles. The van der Waals surface area contributed by atoms with Gasteiger partial charge < -0.3 is 13.4 Å². The van der Waals surface area contributed by atoms with Crippen molar-refractivity contribution in [2.24, 2.45) is 0 Å². The van der Waals surface area contributed by atoms with Crippen molar-refractivity contribution in [2.75, 3.05) is 0 Å². The van der Waals surface area contributed by atoms with E-state index in [1.807, 2.05) is 0 Å². The van der Waals surface area contributed by atoms with Crippen molar-refractivity contribution in [3.8, 4) is 0 Å². The van der Waals surface area contributed by atoms with Gasteiger partial charge in [0.05, 0.1) is 12.5 Å². The van der Waals surface area contributed by atoms with Crippen LogP contribution in [0.5, 0.6) is 0 Å². The molecule has 0 aliphatic rings. The van der Waals surface area contributed by atoms with Crippen LogP contribution in [-0.2, 0) is 4.57 Å². The molecule has 2 unspecified atom stereocenters. The summed E-state index contributed by atoms with van der Waals surface area (Å²) >= 11 is 18.1. The third kappa shape index (κ3) is 2.58. The number of rotatable bonds is 4. The smallest absolute Gasteiger partial charge is 0.218 e. The molecule has 0 radical (unpaired) electrons. The maximum atomic E-state index is 12.4. The van der Waals surface area contributed by atoms with Crippen molar-refractivity contribution < 1.29 is 13.4 Å². The Hall–Kier alpha value is -0.340. The molecule has 0 bridgehead atoms. The molecule has 0 spiro atoms. The lowest BCUT2D eigenvalue weighted by Gasteiger charge is -2.18. The number of hydrogen-bond acceptors (Lipinski definition) is 3. The van der Waals surface area contributed by atoms with E-state index >= 15 is 0 Å². The van der Waals surface area contributed by atoms with Gasteiger partial charge >= 0.3 is 0 Å². The molecule has 0 fully saturated rings. The molecule has 0 N–H and O–H groups in total. The van der Waals surface area contributed by atoms with Crippen LogP contribution in [0, 0.1) is 0 Å². The Morgan fingerprint density at radius 1 is 1.00 bits per heavy atom. The maximum absolute atomic E-state index is 12.4. The van der Waals surface area contributed by atoms with Crippen LogP contribution in [0.3, 0.4) is 0 Å². The van der Waals surface area contributed by atoms with Crippen molar-refractivity contribution in [1.82, 2.24) is 0 Å². The van der Waals surface area contributed by atoms with Gasteiger partial charge in [0.15, 0.2) is 10.2 Å². The Morgan fingerprint density at radius 3 is 1.71 bits per heavy atom. The molecule has 2 heterocycles. The first kappa shape index (κ1) is 13.1. The van der Waals surface area contributed by atoms with E-state index in [0.717, 1.165) is 0 Å². The van der Waals surface area contributed by atoms with Gasteiger partial charge in [-0.05, 0) is 35.5 Å². The summed E-state index contributed by atoms with van der Waals surface area (Å²) in [5.74, 6) is 0.643. The summed E-state index contributed by atoms with van der Waals surface area (Å²) < 4.78 is 22.5. The fraction of sp³-hybridized carbons (Fsp3) is 0.200. The molecule has 17 heavy (non-hydrogen) atoms. The quantitative estimate of drug-likeness (QED) is 0.548. The van der Waals surface area contributed by atoms with E-state index in [2.05, 4.69) is 0 Å². The van der Waals surface area contributed by atoms with Crippen molar-refractivity contribution in [1.29, 1.82) is 0 Å². The molecular weight excluding hydrogens is 305 g/mol. The lowest BCUT2D eigenvalue weighted by atomic mass is 10.5. The summed E-state index contributed by atoms with van der Waals surface area (Å²) in [7, 11) is 0. The molecule has 92 valence electrons. The zero-order valence-electron chi connectivity index (χ0n) is 8.42. The zero-order chi connectivity index (χ0) is 12.5. The van der Waals surface area contributed by atoms with Crippen molar-refractivity contribution in [2.45, 2.75) is 10.2 Å². The third-order valence-electron chi connectivity index (χ3n) is 2.17. The first-order valence-electron chi connectivity index (χ1n) is 4.67. The third-order valence-corrected chi connectivity index (χ3v) is 7.86. The van der Waals surface area contributed by atoms with Gasteiger partial charge in [0.1, 0.15) is 11.5 Å². The fourth-order valence-corrected chi connectivity index (χ4v) is 4.21. The first-order valence-corrected chi connectivity index (χ1v) is 8.30. The van der Waals surface area contributed by atoms with Crippen LogP contribution in [0.4, 0.5) is 0 Å². The summed E-state index contributed by atoms with van der Waals surface area (Å²) in [5.41, 5.74) is 0. The van der Waals surface area contributed by atoms with Gasteiger partial charge in [0, 0.05) is 0 Å². The summed E-state index contributed by atoms with van der Waals surface area (Å²) in [6, 6.07) is 6.46. The highest BCUT2D eigenvalue weighted by molar-refractivity contribution is 7.91. The monoisotopic (exact) mass is 312 g/mol. The van der Waals surface area contributed by atoms with Crippen LogP contribution >= 0.6 is 40.9 Å². The van der Waals surface area contributed by atoms with Crippen LogP contribution in [-0.4, -0.2) is 0 Å². The second-order valence-corrected chi connectivity index (χ2v) is 8.67. The van der Waals surface area contributed by atoms with Gasteiger partial charge in [-0.3, -0.25) is 0 Å². The van der Waals surface area contributed by atoms with Crippen LogP contribution in [0.2, 0.25) is 0 Å². The van der Waals surface area contributed by atoms with Crippen LogP contribution < -0.4 is 0 Å². The lowest BCUT2D eigenvalue weighted by molar-refractivity contribution is 0.507. The summed E-state index contributed by atoms with van der Waals surface area (Å²) in [6.07, 6.45) is 2.86. The van der Waals surface area contributed by atoms with Crippen molar-refractivity contribution in [3.05, 3.63) is 48.3 Å². The van der Waals surface area contributed by atoms with E-state index in [1.165, 1.54) is 12.5 Å². The van der Waals surface area contributed by atoms with Gasteiger partial charge in [-0.2, -0.15) is 0 Å².